The monoisotopic (exact) mass is 412 g/mol. The van der Waals surface area contributed by atoms with E-state index in [0.717, 1.165) is 12.0 Å². The second-order valence-electron chi connectivity index (χ2n) is 6.55. The highest BCUT2D eigenvalue weighted by molar-refractivity contribution is 6.44. The van der Waals surface area contributed by atoms with Gasteiger partial charge in [-0.15, -0.1) is 0 Å². The van der Waals surface area contributed by atoms with Crippen LogP contribution >= 0.6 is 0 Å². The van der Waals surface area contributed by atoms with Gasteiger partial charge in [-0.1, -0.05) is 32.0 Å². The standard InChI is InChI=1S/C22H24N2O6/c1-5-13(2)15-8-6-7-9-17(15)23-19(25)20(26)24-18-12-14(21(27)29-3)10-11-16(18)22(28)30-4/h6-13H,5H2,1-4H3,(H,23,25)(H,24,26). The third-order valence-corrected chi connectivity index (χ3v) is 4.65. The van der Waals surface area contributed by atoms with Crippen LogP contribution < -0.4 is 10.6 Å². The van der Waals surface area contributed by atoms with Gasteiger partial charge in [0.1, 0.15) is 0 Å². The molecule has 158 valence electrons. The molecule has 30 heavy (non-hydrogen) atoms. The average Bonchev–Trinajstić information content (AvgIpc) is 2.77. The first-order chi connectivity index (χ1) is 14.3. The first kappa shape index (κ1) is 22.6. The second kappa shape index (κ2) is 10.2. The smallest absolute Gasteiger partial charge is 0.339 e. The Morgan fingerprint density at radius 2 is 1.47 bits per heavy atom. The maximum absolute atomic E-state index is 12.5. The van der Waals surface area contributed by atoms with Crippen molar-refractivity contribution in [2.75, 3.05) is 24.9 Å². The molecule has 0 fully saturated rings. The number of para-hydroxylation sites is 1. The Morgan fingerprint density at radius 3 is 2.07 bits per heavy atom. The van der Waals surface area contributed by atoms with Crippen molar-refractivity contribution >= 4 is 35.1 Å². The molecule has 2 amide bonds. The summed E-state index contributed by atoms with van der Waals surface area (Å²) in [6.07, 6.45) is 0.863. The van der Waals surface area contributed by atoms with E-state index in [1.54, 1.807) is 12.1 Å². The Kier molecular flexibility index (Phi) is 7.69. The molecule has 2 aromatic rings. The summed E-state index contributed by atoms with van der Waals surface area (Å²) in [6.45, 7) is 4.05. The fraction of sp³-hybridized carbons (Fsp3) is 0.273. The van der Waals surface area contributed by atoms with Gasteiger partial charge in [-0.25, -0.2) is 9.59 Å². The molecule has 8 nitrogen and oxygen atoms in total. The molecule has 0 aliphatic heterocycles. The van der Waals surface area contributed by atoms with Crippen molar-refractivity contribution in [1.29, 1.82) is 0 Å². The van der Waals surface area contributed by atoms with E-state index < -0.39 is 23.8 Å². The minimum absolute atomic E-state index is 0.00805. The number of carbonyl (C=O) groups is 4. The van der Waals surface area contributed by atoms with Gasteiger partial charge in [0.2, 0.25) is 0 Å². The molecule has 0 aromatic heterocycles. The molecule has 1 unspecified atom stereocenters. The zero-order valence-electron chi connectivity index (χ0n) is 17.3. The zero-order valence-corrected chi connectivity index (χ0v) is 17.3. The topological polar surface area (TPSA) is 111 Å². The number of ether oxygens (including phenoxy) is 2. The van der Waals surface area contributed by atoms with Gasteiger partial charge < -0.3 is 20.1 Å². The first-order valence-electron chi connectivity index (χ1n) is 9.34. The molecule has 0 bridgehead atoms. The number of benzene rings is 2. The fourth-order valence-corrected chi connectivity index (χ4v) is 2.80. The number of anilines is 2. The van der Waals surface area contributed by atoms with Crippen molar-refractivity contribution in [2.45, 2.75) is 26.2 Å². The number of hydrogen-bond acceptors (Lipinski definition) is 6. The molecule has 0 heterocycles. The lowest BCUT2D eigenvalue weighted by Gasteiger charge is -2.16. The lowest BCUT2D eigenvalue weighted by atomic mass is 9.97. The van der Waals surface area contributed by atoms with Crippen LogP contribution in [-0.4, -0.2) is 38.0 Å². The summed E-state index contributed by atoms with van der Waals surface area (Å²) in [4.78, 5) is 48.7. The van der Waals surface area contributed by atoms with Crippen molar-refractivity contribution in [3.8, 4) is 0 Å². The lowest BCUT2D eigenvalue weighted by Crippen LogP contribution is -2.30. The summed E-state index contributed by atoms with van der Waals surface area (Å²) in [7, 11) is 2.39. The van der Waals surface area contributed by atoms with Gasteiger partial charge in [0.25, 0.3) is 0 Å². The molecular weight excluding hydrogens is 388 g/mol. The van der Waals surface area contributed by atoms with Crippen LogP contribution in [0.15, 0.2) is 42.5 Å². The molecule has 0 saturated carbocycles. The SMILES string of the molecule is CCC(C)c1ccccc1NC(=O)C(=O)Nc1cc(C(=O)OC)ccc1C(=O)OC. The summed E-state index contributed by atoms with van der Waals surface area (Å²) in [5, 5.41) is 4.97. The summed E-state index contributed by atoms with van der Waals surface area (Å²) >= 11 is 0. The molecule has 0 aliphatic carbocycles. The summed E-state index contributed by atoms with van der Waals surface area (Å²) in [5.74, 6) is -3.11. The molecule has 0 radical (unpaired) electrons. The van der Waals surface area contributed by atoms with Crippen LogP contribution in [0, 0.1) is 0 Å². The van der Waals surface area contributed by atoms with E-state index >= 15 is 0 Å². The van der Waals surface area contributed by atoms with E-state index in [1.807, 2.05) is 26.0 Å². The second-order valence-corrected chi connectivity index (χ2v) is 6.55. The molecule has 0 saturated heterocycles. The van der Waals surface area contributed by atoms with E-state index in [2.05, 4.69) is 20.1 Å². The van der Waals surface area contributed by atoms with Crippen LogP contribution in [-0.2, 0) is 19.1 Å². The van der Waals surface area contributed by atoms with E-state index in [4.69, 9.17) is 0 Å². The van der Waals surface area contributed by atoms with Gasteiger partial charge in [-0.05, 0) is 42.2 Å². The van der Waals surface area contributed by atoms with Crippen molar-refractivity contribution < 1.29 is 28.7 Å². The van der Waals surface area contributed by atoms with Crippen LogP contribution in [0.1, 0.15) is 52.5 Å². The van der Waals surface area contributed by atoms with Crippen molar-refractivity contribution in [3.05, 3.63) is 59.2 Å². The minimum atomic E-state index is -0.999. The Balaban J connectivity index is 2.27. The summed E-state index contributed by atoms with van der Waals surface area (Å²) < 4.78 is 9.34. The predicted molar refractivity (Wildman–Crippen MR) is 112 cm³/mol. The molecule has 2 rings (SSSR count). The maximum atomic E-state index is 12.5. The Hall–Kier alpha value is -3.68. The average molecular weight is 412 g/mol. The number of methoxy groups -OCH3 is 2. The van der Waals surface area contributed by atoms with Gasteiger partial charge in [-0.2, -0.15) is 0 Å². The number of rotatable bonds is 6. The summed E-state index contributed by atoms with van der Waals surface area (Å²) in [6, 6.07) is 11.1. The van der Waals surface area contributed by atoms with Crippen LogP contribution in [0.2, 0.25) is 0 Å². The molecule has 0 spiro atoms. The first-order valence-corrected chi connectivity index (χ1v) is 9.34. The Labute approximate surface area is 174 Å². The minimum Gasteiger partial charge on any atom is -0.465 e. The van der Waals surface area contributed by atoms with E-state index in [1.165, 1.54) is 32.4 Å². The highest BCUT2D eigenvalue weighted by Gasteiger charge is 2.21. The number of amides is 2. The largest absolute Gasteiger partial charge is 0.465 e. The predicted octanol–water partition coefficient (Wildman–Crippen LogP) is 3.35. The summed E-state index contributed by atoms with van der Waals surface area (Å²) in [5.41, 5.74) is 1.49. The highest BCUT2D eigenvalue weighted by Crippen LogP contribution is 2.26. The Morgan fingerprint density at radius 1 is 0.867 bits per heavy atom. The normalized spacial score (nSPS) is 11.2. The third-order valence-electron chi connectivity index (χ3n) is 4.65. The lowest BCUT2D eigenvalue weighted by molar-refractivity contribution is -0.133. The van der Waals surface area contributed by atoms with E-state index in [9.17, 15) is 19.2 Å². The molecule has 2 aromatic carbocycles. The number of nitrogens with one attached hydrogen (secondary N) is 2. The third kappa shape index (κ3) is 5.22. The van der Waals surface area contributed by atoms with Gasteiger partial charge in [-0.3, -0.25) is 9.59 Å². The van der Waals surface area contributed by atoms with Gasteiger partial charge in [0.15, 0.2) is 0 Å². The van der Waals surface area contributed by atoms with Crippen LogP contribution in [0.3, 0.4) is 0 Å². The van der Waals surface area contributed by atoms with E-state index in [-0.39, 0.29) is 22.7 Å². The van der Waals surface area contributed by atoms with E-state index in [0.29, 0.717) is 5.69 Å². The van der Waals surface area contributed by atoms with Crippen LogP contribution in [0.4, 0.5) is 11.4 Å². The van der Waals surface area contributed by atoms with Crippen molar-refractivity contribution in [3.63, 3.8) is 0 Å². The fourth-order valence-electron chi connectivity index (χ4n) is 2.80. The van der Waals surface area contributed by atoms with Crippen LogP contribution in [0.5, 0.6) is 0 Å². The van der Waals surface area contributed by atoms with Gasteiger partial charge in [0.05, 0.1) is 31.0 Å². The van der Waals surface area contributed by atoms with Crippen molar-refractivity contribution in [2.24, 2.45) is 0 Å². The zero-order chi connectivity index (χ0) is 22.3. The van der Waals surface area contributed by atoms with Crippen LogP contribution in [0.25, 0.3) is 0 Å². The molecule has 8 heteroatoms. The van der Waals surface area contributed by atoms with Crippen molar-refractivity contribution in [1.82, 2.24) is 0 Å². The highest BCUT2D eigenvalue weighted by atomic mass is 16.5. The van der Waals surface area contributed by atoms with Gasteiger partial charge in [0, 0.05) is 5.69 Å². The number of esters is 2. The maximum Gasteiger partial charge on any atom is 0.339 e. The van der Waals surface area contributed by atoms with Gasteiger partial charge >= 0.3 is 23.8 Å². The molecule has 2 N–H and O–H groups in total. The molecular formula is C22H24N2O6. The molecule has 1 atom stereocenters. The molecule has 0 aliphatic rings. The Bertz CT molecular complexity index is 970. The quantitative estimate of drug-likeness (QED) is 0.556. The number of hydrogen-bond donors (Lipinski definition) is 2. The number of carbonyl (C=O) groups excluding carboxylic acids is 4.